The molecule has 0 aliphatic heterocycles. The number of ether oxygens (including phenoxy) is 1. The summed E-state index contributed by atoms with van der Waals surface area (Å²) in [5.74, 6) is -0.589. The van der Waals surface area contributed by atoms with Crippen LogP contribution in [0.3, 0.4) is 0 Å². The second-order valence-corrected chi connectivity index (χ2v) is 5.76. The van der Waals surface area contributed by atoms with Crippen molar-refractivity contribution in [1.29, 1.82) is 0 Å². The Kier molecular flexibility index (Phi) is 6.96. The number of benzene rings is 1. The number of alkyl halides is 4. The van der Waals surface area contributed by atoms with Gasteiger partial charge in [0.1, 0.15) is 0 Å². The highest BCUT2D eigenvalue weighted by Crippen LogP contribution is 2.31. The number of hydrogen-bond acceptors (Lipinski definition) is 2. The van der Waals surface area contributed by atoms with E-state index in [1.807, 2.05) is 0 Å². The average Bonchev–Trinajstić information content (AvgIpc) is 2.38. The monoisotopic (exact) mass is 387 g/mol. The predicted octanol–water partition coefficient (Wildman–Crippen LogP) is 3.84. The molecule has 1 unspecified atom stereocenters. The van der Waals surface area contributed by atoms with Crippen LogP contribution in [0, 0.1) is 0 Å². The normalized spacial score (nSPS) is 13.0. The van der Waals surface area contributed by atoms with E-state index >= 15 is 0 Å². The summed E-state index contributed by atoms with van der Waals surface area (Å²) in [6.45, 7) is 0.587. The van der Waals surface area contributed by atoms with Gasteiger partial charge in [0.25, 0.3) is 5.91 Å². The lowest BCUT2D eigenvalue weighted by Crippen LogP contribution is -2.27. The van der Waals surface area contributed by atoms with E-state index in [0.29, 0.717) is 17.5 Å². The first-order valence-corrected chi connectivity index (χ1v) is 7.26. The van der Waals surface area contributed by atoms with Crippen LogP contribution >= 0.6 is 27.5 Å². The fourth-order valence-corrected chi connectivity index (χ4v) is 2.24. The first-order valence-electron chi connectivity index (χ1n) is 6.03. The lowest BCUT2D eigenvalue weighted by atomic mass is 10.1. The molecule has 1 N–H and O–H groups in total. The summed E-state index contributed by atoms with van der Waals surface area (Å²) in [6, 6.07) is 2.92. The predicted molar refractivity (Wildman–Crippen MR) is 77.6 cm³/mol. The number of hydrogen-bond donors (Lipinski definition) is 1. The van der Waals surface area contributed by atoms with Crippen molar-refractivity contribution in [2.45, 2.75) is 18.0 Å². The van der Waals surface area contributed by atoms with Crippen LogP contribution in [0.1, 0.15) is 22.3 Å². The van der Waals surface area contributed by atoms with E-state index in [1.54, 1.807) is 0 Å². The number of rotatable bonds is 6. The van der Waals surface area contributed by atoms with Gasteiger partial charge in [-0.2, -0.15) is 13.2 Å². The largest absolute Gasteiger partial charge is 0.416 e. The maximum atomic E-state index is 12.6. The van der Waals surface area contributed by atoms with E-state index in [2.05, 4.69) is 21.2 Å². The van der Waals surface area contributed by atoms with Crippen molar-refractivity contribution in [3.05, 3.63) is 33.8 Å². The molecule has 1 aromatic rings. The van der Waals surface area contributed by atoms with Crippen LogP contribution < -0.4 is 5.32 Å². The van der Waals surface area contributed by atoms with Gasteiger partial charge in [-0.1, -0.05) is 0 Å². The zero-order valence-electron chi connectivity index (χ0n) is 11.1. The molecular formula is C13H14BrClF3NO2. The maximum absolute atomic E-state index is 12.6. The molecule has 0 aliphatic carbocycles. The molecule has 0 aromatic heterocycles. The molecule has 0 aliphatic rings. The third kappa shape index (κ3) is 5.84. The summed E-state index contributed by atoms with van der Waals surface area (Å²) in [5, 5.41) is 2.27. The number of nitrogens with one attached hydrogen (secondary N) is 1. The fraction of sp³-hybridized carbons (Fsp3) is 0.462. The zero-order chi connectivity index (χ0) is 16.0. The number of carbonyl (C=O) groups excluding carboxylic acids is 1. The Balaban J connectivity index is 2.69. The molecule has 0 fully saturated rings. The minimum atomic E-state index is -4.49. The number of amides is 1. The summed E-state index contributed by atoms with van der Waals surface area (Å²) in [7, 11) is 1.51. The van der Waals surface area contributed by atoms with Crippen LogP contribution in [0.4, 0.5) is 13.2 Å². The van der Waals surface area contributed by atoms with Crippen LogP contribution in [0.15, 0.2) is 22.7 Å². The van der Waals surface area contributed by atoms with Crippen LogP contribution in [0.2, 0.25) is 0 Å². The number of halogens is 5. The van der Waals surface area contributed by atoms with Gasteiger partial charge in [-0.3, -0.25) is 4.79 Å². The Bertz CT molecular complexity index is 497. The first-order chi connectivity index (χ1) is 9.75. The Morgan fingerprint density at radius 2 is 2.14 bits per heavy atom. The Morgan fingerprint density at radius 1 is 1.48 bits per heavy atom. The van der Waals surface area contributed by atoms with Gasteiger partial charge in [0.2, 0.25) is 0 Å². The smallest absolute Gasteiger partial charge is 0.383 e. The minimum absolute atomic E-state index is 0.0670. The highest BCUT2D eigenvalue weighted by atomic mass is 79.9. The van der Waals surface area contributed by atoms with E-state index in [9.17, 15) is 18.0 Å². The Morgan fingerprint density at radius 3 is 2.71 bits per heavy atom. The van der Waals surface area contributed by atoms with Crippen molar-refractivity contribution in [3.63, 3.8) is 0 Å². The summed E-state index contributed by atoms with van der Waals surface area (Å²) >= 11 is 8.96. The molecule has 0 saturated heterocycles. The van der Waals surface area contributed by atoms with E-state index in [4.69, 9.17) is 16.3 Å². The lowest BCUT2D eigenvalue weighted by molar-refractivity contribution is -0.137. The molecule has 0 radical (unpaired) electrons. The molecule has 1 atom stereocenters. The summed E-state index contributed by atoms with van der Waals surface area (Å²) in [6.07, 6.45) is -4.03. The van der Waals surface area contributed by atoms with Gasteiger partial charge in [0.05, 0.1) is 23.1 Å². The van der Waals surface area contributed by atoms with Crippen molar-refractivity contribution < 1.29 is 22.7 Å². The maximum Gasteiger partial charge on any atom is 0.416 e. The molecule has 0 spiro atoms. The molecule has 3 nitrogen and oxygen atoms in total. The fourth-order valence-electron chi connectivity index (χ4n) is 1.58. The molecule has 0 bridgehead atoms. The van der Waals surface area contributed by atoms with Gasteiger partial charge in [-0.05, 0) is 40.5 Å². The minimum Gasteiger partial charge on any atom is -0.383 e. The van der Waals surface area contributed by atoms with Crippen molar-refractivity contribution >= 4 is 33.4 Å². The standard InChI is InChI=1S/C13H14BrClF3NO2/c1-21-7-9(15)4-5-19-12(20)10-6-8(13(16,17)18)2-3-11(10)14/h2-3,6,9H,4-5,7H2,1H3,(H,19,20). The van der Waals surface area contributed by atoms with Gasteiger partial charge in [-0.25, -0.2) is 0 Å². The SMILES string of the molecule is COCC(Cl)CCNC(=O)c1cc(C(F)(F)F)ccc1Br. The van der Waals surface area contributed by atoms with E-state index in [1.165, 1.54) is 13.2 Å². The molecule has 118 valence electrons. The van der Waals surface area contributed by atoms with Crippen LogP contribution in [0.5, 0.6) is 0 Å². The summed E-state index contributed by atoms with van der Waals surface area (Å²) in [4.78, 5) is 11.9. The van der Waals surface area contributed by atoms with Gasteiger partial charge >= 0.3 is 6.18 Å². The van der Waals surface area contributed by atoms with E-state index in [0.717, 1.165) is 12.1 Å². The highest BCUT2D eigenvalue weighted by molar-refractivity contribution is 9.10. The quantitative estimate of drug-likeness (QED) is 0.752. The zero-order valence-corrected chi connectivity index (χ0v) is 13.5. The third-order valence-electron chi connectivity index (χ3n) is 2.63. The summed E-state index contributed by atoms with van der Waals surface area (Å²) < 4.78 is 43.0. The highest BCUT2D eigenvalue weighted by Gasteiger charge is 2.31. The number of methoxy groups -OCH3 is 1. The van der Waals surface area contributed by atoms with Crippen LogP contribution in [-0.2, 0) is 10.9 Å². The Labute approximate surface area is 133 Å². The third-order valence-corrected chi connectivity index (χ3v) is 3.66. The molecule has 21 heavy (non-hydrogen) atoms. The second-order valence-electron chi connectivity index (χ2n) is 4.29. The molecule has 0 heterocycles. The molecular weight excluding hydrogens is 374 g/mol. The van der Waals surface area contributed by atoms with E-state index in [-0.39, 0.29) is 17.5 Å². The van der Waals surface area contributed by atoms with Gasteiger partial charge in [0, 0.05) is 18.1 Å². The first kappa shape index (κ1) is 18.3. The Hall–Kier alpha value is -0.790. The average molecular weight is 389 g/mol. The molecule has 1 rings (SSSR count). The molecule has 8 heteroatoms. The van der Waals surface area contributed by atoms with Gasteiger partial charge in [-0.15, -0.1) is 11.6 Å². The molecule has 1 amide bonds. The topological polar surface area (TPSA) is 38.3 Å². The van der Waals surface area contributed by atoms with Crippen molar-refractivity contribution in [2.75, 3.05) is 20.3 Å². The molecule has 0 saturated carbocycles. The lowest BCUT2D eigenvalue weighted by Gasteiger charge is -2.12. The van der Waals surface area contributed by atoms with Crippen LogP contribution in [-0.4, -0.2) is 31.5 Å². The van der Waals surface area contributed by atoms with Gasteiger partial charge < -0.3 is 10.1 Å². The molecule has 1 aromatic carbocycles. The van der Waals surface area contributed by atoms with E-state index < -0.39 is 17.6 Å². The second kappa shape index (κ2) is 8.00. The van der Waals surface area contributed by atoms with Crippen molar-refractivity contribution in [1.82, 2.24) is 5.32 Å². The van der Waals surface area contributed by atoms with Crippen molar-refractivity contribution in [2.24, 2.45) is 0 Å². The van der Waals surface area contributed by atoms with Gasteiger partial charge in [0.15, 0.2) is 0 Å². The summed E-state index contributed by atoms with van der Waals surface area (Å²) in [5.41, 5.74) is -0.937. The van der Waals surface area contributed by atoms with Crippen LogP contribution in [0.25, 0.3) is 0 Å². The number of carbonyl (C=O) groups is 1. The van der Waals surface area contributed by atoms with Crippen molar-refractivity contribution in [3.8, 4) is 0 Å².